The third-order valence-corrected chi connectivity index (χ3v) is 10.3. The molecule has 13 nitrogen and oxygen atoms in total. The van der Waals surface area contributed by atoms with Crippen molar-refractivity contribution < 1.29 is 36.1 Å². The number of benzene rings is 1. The standard InChI is InChI=1S/C35H56N7O6S2/c1-9-10-16-41(5,6)18-22-46-20-14-40(15-21-47-24-25-48-23-19-42(7,8)17-11-26-50(43,44)45)31-12-13-32(29(2)27-31)38-39-35-34(37-4)30(3)33(28-36)49-35/h12-13,27H,9-11,14-26H2,1-3,5-8H3/q+1. The van der Waals surface area contributed by atoms with Crippen LogP contribution in [0.2, 0.25) is 0 Å². The SMILES string of the molecule is [C-]#[N+]c1c(N=Nc2ccc(N(CCOCCOCC[N+](C)(C)CCCS(=O)(=O)[O-])CCOCC[N+](C)(C)CCCC)cc2C)sc(C#N)c1C. The summed E-state index contributed by atoms with van der Waals surface area (Å²) in [7, 11) is 4.27. The van der Waals surface area contributed by atoms with Gasteiger partial charge in [0.1, 0.15) is 24.2 Å². The van der Waals surface area contributed by atoms with Crippen LogP contribution in [0.4, 0.5) is 22.1 Å². The van der Waals surface area contributed by atoms with Crippen LogP contribution < -0.4 is 4.90 Å². The second-order valence-electron chi connectivity index (χ2n) is 13.7. The lowest BCUT2D eigenvalue weighted by Gasteiger charge is -2.30. The van der Waals surface area contributed by atoms with E-state index in [9.17, 15) is 18.2 Å². The summed E-state index contributed by atoms with van der Waals surface area (Å²) in [5.41, 5.74) is 3.62. The molecule has 0 saturated carbocycles. The molecule has 0 N–H and O–H groups in total. The summed E-state index contributed by atoms with van der Waals surface area (Å²) >= 11 is 1.17. The molecule has 1 aromatic heterocycles. The van der Waals surface area contributed by atoms with Crippen LogP contribution in [-0.4, -0.2) is 135 Å². The van der Waals surface area contributed by atoms with Crippen molar-refractivity contribution in [3.63, 3.8) is 0 Å². The van der Waals surface area contributed by atoms with Gasteiger partial charge in [-0.15, -0.1) is 11.3 Å². The Labute approximate surface area is 303 Å². The molecule has 0 bridgehead atoms. The van der Waals surface area contributed by atoms with E-state index in [-0.39, 0.29) is 5.75 Å². The van der Waals surface area contributed by atoms with Gasteiger partial charge in [-0.1, -0.05) is 13.3 Å². The molecule has 0 aliphatic rings. The van der Waals surface area contributed by atoms with Gasteiger partial charge >= 0.3 is 0 Å². The number of rotatable bonds is 25. The van der Waals surface area contributed by atoms with Crippen molar-refractivity contribution in [2.24, 2.45) is 10.2 Å². The van der Waals surface area contributed by atoms with Gasteiger partial charge in [0.2, 0.25) is 5.69 Å². The first-order valence-electron chi connectivity index (χ1n) is 17.1. The first-order valence-corrected chi connectivity index (χ1v) is 19.5. The molecule has 2 aromatic rings. The van der Waals surface area contributed by atoms with E-state index in [2.05, 4.69) is 53.1 Å². The molecule has 0 aliphatic heterocycles. The Morgan fingerprint density at radius 1 is 0.920 bits per heavy atom. The van der Waals surface area contributed by atoms with Crippen molar-refractivity contribution in [2.75, 3.05) is 118 Å². The lowest BCUT2D eigenvalue weighted by Crippen LogP contribution is -2.43. The number of aryl methyl sites for hydroxylation is 1. The van der Waals surface area contributed by atoms with E-state index in [1.807, 2.05) is 33.2 Å². The number of unbranched alkanes of at least 4 members (excludes halogenated alkanes) is 1. The molecule has 0 atom stereocenters. The summed E-state index contributed by atoms with van der Waals surface area (Å²) in [5.74, 6) is -0.344. The highest BCUT2D eigenvalue weighted by atomic mass is 32.2. The highest BCUT2D eigenvalue weighted by Crippen LogP contribution is 2.42. The van der Waals surface area contributed by atoms with Gasteiger partial charge in [-0.05, 0) is 49.6 Å². The lowest BCUT2D eigenvalue weighted by molar-refractivity contribution is -0.890. The normalized spacial score (nSPS) is 12.4. The summed E-state index contributed by atoms with van der Waals surface area (Å²) in [4.78, 5) is 6.25. The smallest absolute Gasteiger partial charge is 0.229 e. The highest BCUT2D eigenvalue weighted by Gasteiger charge is 2.17. The van der Waals surface area contributed by atoms with Crippen LogP contribution in [0.3, 0.4) is 0 Å². The van der Waals surface area contributed by atoms with E-state index in [4.69, 9.17) is 20.8 Å². The van der Waals surface area contributed by atoms with E-state index >= 15 is 0 Å². The molecule has 2 rings (SSSR count). The molecule has 0 saturated heterocycles. The molecule has 278 valence electrons. The lowest BCUT2D eigenvalue weighted by atomic mass is 10.1. The van der Waals surface area contributed by atoms with Gasteiger partial charge in [-0.25, -0.2) is 13.3 Å². The zero-order valence-electron chi connectivity index (χ0n) is 30.9. The molecule has 1 aromatic carbocycles. The Morgan fingerprint density at radius 3 is 2.04 bits per heavy atom. The fourth-order valence-electron chi connectivity index (χ4n) is 5.09. The first-order chi connectivity index (χ1) is 23.6. The van der Waals surface area contributed by atoms with Crippen molar-refractivity contribution >= 4 is 43.5 Å². The fourth-order valence-corrected chi connectivity index (χ4v) is 6.44. The Hall–Kier alpha value is -2.99. The second-order valence-corrected chi connectivity index (χ2v) is 16.2. The minimum atomic E-state index is -4.19. The highest BCUT2D eigenvalue weighted by molar-refractivity contribution is 7.85. The van der Waals surface area contributed by atoms with Crippen LogP contribution in [0.25, 0.3) is 4.85 Å². The minimum Gasteiger partial charge on any atom is -0.748 e. The molecule has 0 aliphatic carbocycles. The number of nitriles is 1. The Bertz CT molecular complexity index is 1560. The molecule has 0 radical (unpaired) electrons. The number of hydrogen-bond donors (Lipinski definition) is 0. The number of anilines is 1. The third-order valence-electron chi connectivity index (χ3n) is 8.44. The number of thiophene rings is 1. The van der Waals surface area contributed by atoms with Crippen molar-refractivity contribution in [1.82, 2.24) is 0 Å². The molecule has 0 unspecified atom stereocenters. The van der Waals surface area contributed by atoms with E-state index in [1.165, 1.54) is 24.2 Å². The van der Waals surface area contributed by atoms with Crippen LogP contribution in [0.15, 0.2) is 28.4 Å². The third kappa shape index (κ3) is 16.4. The van der Waals surface area contributed by atoms with Crippen LogP contribution in [0, 0.1) is 31.8 Å². The van der Waals surface area contributed by atoms with Crippen LogP contribution in [-0.2, 0) is 24.3 Å². The summed E-state index contributed by atoms with van der Waals surface area (Å²) in [6, 6.07) is 8.09. The molecule has 0 amide bonds. The number of azo groups is 1. The maximum Gasteiger partial charge on any atom is 0.229 e. The zero-order valence-corrected chi connectivity index (χ0v) is 32.6. The molecule has 15 heteroatoms. The predicted molar refractivity (Wildman–Crippen MR) is 198 cm³/mol. The number of likely N-dealkylation sites (N-methyl/N-ethyl adjacent to an activating group) is 2. The van der Waals surface area contributed by atoms with Crippen molar-refractivity contribution in [3.8, 4) is 6.07 Å². The van der Waals surface area contributed by atoms with E-state index in [0.717, 1.165) is 28.8 Å². The molecular weight excluding hydrogens is 679 g/mol. The number of hydrogen-bond acceptors (Lipinski definition) is 11. The number of nitrogens with zero attached hydrogens (tertiary/aromatic N) is 7. The van der Waals surface area contributed by atoms with Crippen LogP contribution in [0.1, 0.15) is 42.2 Å². The monoisotopic (exact) mass is 734 g/mol. The molecular formula is C35H56N7O6S2+. The molecule has 1 heterocycles. The van der Waals surface area contributed by atoms with Gasteiger partial charge in [0, 0.05) is 31.0 Å². The summed E-state index contributed by atoms with van der Waals surface area (Å²) in [5, 5.41) is 18.5. The number of ether oxygens (including phenoxy) is 3. The van der Waals surface area contributed by atoms with Crippen LogP contribution >= 0.6 is 11.3 Å². The van der Waals surface area contributed by atoms with Crippen LogP contribution in [0.5, 0.6) is 0 Å². The Kier molecular flexibility index (Phi) is 18.5. The molecule has 0 fully saturated rings. The maximum absolute atomic E-state index is 10.9. The van der Waals surface area contributed by atoms with Crippen molar-refractivity contribution in [2.45, 2.75) is 40.0 Å². The van der Waals surface area contributed by atoms with Gasteiger partial charge in [0.05, 0.1) is 108 Å². The first kappa shape index (κ1) is 43.2. The topological polar surface area (TPSA) is 141 Å². The van der Waals surface area contributed by atoms with Gasteiger partial charge in [-0.3, -0.25) is 0 Å². The summed E-state index contributed by atoms with van der Waals surface area (Å²) in [6.07, 6.45) is 2.71. The van der Waals surface area contributed by atoms with Gasteiger partial charge in [0.25, 0.3) is 0 Å². The predicted octanol–water partition coefficient (Wildman–Crippen LogP) is 5.95. The Morgan fingerprint density at radius 2 is 1.50 bits per heavy atom. The fraction of sp³-hybridized carbons (Fsp3) is 0.657. The molecule has 50 heavy (non-hydrogen) atoms. The van der Waals surface area contributed by atoms with E-state index < -0.39 is 10.1 Å². The minimum absolute atomic E-state index is 0.328. The van der Waals surface area contributed by atoms with Crippen molar-refractivity contribution in [1.29, 1.82) is 5.26 Å². The summed E-state index contributed by atoms with van der Waals surface area (Å²) < 4.78 is 51.9. The maximum atomic E-state index is 10.9. The average Bonchev–Trinajstić information content (AvgIpc) is 3.36. The average molecular weight is 735 g/mol. The zero-order chi connectivity index (χ0) is 37.2. The van der Waals surface area contributed by atoms with Gasteiger partial charge < -0.3 is 32.6 Å². The Balaban J connectivity index is 1.96. The quantitative estimate of drug-likeness (QED) is 0.0401. The van der Waals surface area contributed by atoms with E-state index in [1.54, 1.807) is 6.92 Å². The summed E-state index contributed by atoms with van der Waals surface area (Å²) in [6.45, 7) is 21.3. The second kappa shape index (κ2) is 21.4. The molecule has 0 spiro atoms. The number of quaternary nitrogens is 2. The van der Waals surface area contributed by atoms with Gasteiger partial charge in [-0.2, -0.15) is 15.5 Å². The largest absolute Gasteiger partial charge is 0.748 e. The van der Waals surface area contributed by atoms with Crippen molar-refractivity contribution in [3.05, 3.63) is 45.6 Å². The van der Waals surface area contributed by atoms with Gasteiger partial charge in [0.15, 0.2) is 0 Å². The van der Waals surface area contributed by atoms with E-state index in [0.29, 0.717) is 104 Å².